The molecule has 1 aliphatic rings. The van der Waals surface area contributed by atoms with Crippen molar-refractivity contribution in [3.05, 3.63) is 33.2 Å². The Hall–Kier alpha value is -1.62. The Morgan fingerprint density at radius 1 is 1.50 bits per heavy atom. The Labute approximate surface area is 118 Å². The SMILES string of the molecule is Cc1cc(C)c(CNC(=O)CC[C@@H]2CCCO2)c(=O)[nH]1. The van der Waals surface area contributed by atoms with Gasteiger partial charge in [0.2, 0.25) is 5.91 Å². The number of nitrogens with one attached hydrogen (secondary N) is 2. The molecule has 110 valence electrons. The van der Waals surface area contributed by atoms with Crippen LogP contribution in [0.4, 0.5) is 0 Å². The van der Waals surface area contributed by atoms with Crippen LogP contribution < -0.4 is 10.9 Å². The third kappa shape index (κ3) is 3.93. The molecule has 1 aromatic heterocycles. The van der Waals surface area contributed by atoms with Crippen LogP contribution in [0.2, 0.25) is 0 Å². The summed E-state index contributed by atoms with van der Waals surface area (Å²) in [6, 6.07) is 1.91. The van der Waals surface area contributed by atoms with Crippen LogP contribution in [-0.2, 0) is 16.1 Å². The standard InChI is InChI=1S/C15H22N2O3/c1-10-8-11(2)17-15(19)13(10)9-16-14(18)6-5-12-4-3-7-20-12/h8,12H,3-7,9H2,1-2H3,(H,16,18)(H,17,19)/t12-/m0/s1. The van der Waals surface area contributed by atoms with Gasteiger partial charge in [-0.25, -0.2) is 0 Å². The van der Waals surface area contributed by atoms with Gasteiger partial charge in [0.25, 0.3) is 5.56 Å². The molecule has 0 aliphatic carbocycles. The number of aromatic amines is 1. The summed E-state index contributed by atoms with van der Waals surface area (Å²) in [6.07, 6.45) is 3.57. The molecule has 1 saturated heterocycles. The molecule has 5 heteroatoms. The highest BCUT2D eigenvalue weighted by Crippen LogP contribution is 2.16. The molecular weight excluding hydrogens is 256 g/mol. The molecule has 20 heavy (non-hydrogen) atoms. The molecule has 1 atom stereocenters. The van der Waals surface area contributed by atoms with E-state index in [0.717, 1.165) is 37.1 Å². The fraction of sp³-hybridized carbons (Fsp3) is 0.600. The zero-order chi connectivity index (χ0) is 14.5. The molecule has 0 saturated carbocycles. The molecule has 1 fully saturated rings. The monoisotopic (exact) mass is 278 g/mol. The molecule has 5 nitrogen and oxygen atoms in total. The lowest BCUT2D eigenvalue weighted by molar-refractivity contribution is -0.121. The van der Waals surface area contributed by atoms with Gasteiger partial charge in [-0.3, -0.25) is 9.59 Å². The van der Waals surface area contributed by atoms with E-state index in [1.807, 2.05) is 19.9 Å². The van der Waals surface area contributed by atoms with Crippen molar-refractivity contribution in [2.24, 2.45) is 0 Å². The number of amides is 1. The van der Waals surface area contributed by atoms with E-state index in [-0.39, 0.29) is 24.1 Å². The average molecular weight is 278 g/mol. The lowest BCUT2D eigenvalue weighted by Gasteiger charge is -2.10. The minimum atomic E-state index is -0.123. The third-order valence-electron chi connectivity index (χ3n) is 3.67. The molecule has 0 unspecified atom stereocenters. The summed E-state index contributed by atoms with van der Waals surface area (Å²) in [7, 11) is 0. The van der Waals surface area contributed by atoms with Crippen LogP contribution in [-0.4, -0.2) is 23.6 Å². The van der Waals surface area contributed by atoms with Gasteiger partial charge in [-0.05, 0) is 44.7 Å². The second-order valence-electron chi connectivity index (χ2n) is 5.39. The number of carbonyl (C=O) groups excluding carboxylic acids is 1. The minimum Gasteiger partial charge on any atom is -0.378 e. The number of hydrogen-bond donors (Lipinski definition) is 2. The number of rotatable bonds is 5. The summed E-state index contributed by atoms with van der Waals surface area (Å²) in [5.74, 6) is -0.0279. The number of aryl methyl sites for hydroxylation is 2. The summed E-state index contributed by atoms with van der Waals surface area (Å²) in [6.45, 7) is 4.82. The van der Waals surface area contributed by atoms with Crippen molar-refractivity contribution in [3.8, 4) is 0 Å². The molecule has 2 heterocycles. The summed E-state index contributed by atoms with van der Waals surface area (Å²) in [4.78, 5) is 26.4. The molecule has 0 radical (unpaired) electrons. The maximum atomic E-state index is 11.8. The van der Waals surface area contributed by atoms with E-state index in [4.69, 9.17) is 4.74 Å². The van der Waals surface area contributed by atoms with Crippen LogP contribution in [0.15, 0.2) is 10.9 Å². The van der Waals surface area contributed by atoms with Gasteiger partial charge in [-0.15, -0.1) is 0 Å². The normalized spacial score (nSPS) is 18.2. The van der Waals surface area contributed by atoms with E-state index in [1.165, 1.54) is 0 Å². The lowest BCUT2D eigenvalue weighted by atomic mass is 10.1. The fourth-order valence-corrected chi connectivity index (χ4v) is 2.54. The molecule has 1 aliphatic heterocycles. The van der Waals surface area contributed by atoms with Gasteiger partial charge in [-0.1, -0.05) is 0 Å². The highest BCUT2D eigenvalue weighted by Gasteiger charge is 2.16. The van der Waals surface area contributed by atoms with Crippen molar-refractivity contribution in [1.29, 1.82) is 0 Å². The van der Waals surface area contributed by atoms with Crippen molar-refractivity contribution in [3.63, 3.8) is 0 Å². The van der Waals surface area contributed by atoms with Gasteiger partial charge in [-0.2, -0.15) is 0 Å². The first-order valence-corrected chi connectivity index (χ1v) is 7.14. The predicted octanol–water partition coefficient (Wildman–Crippen LogP) is 1.57. The van der Waals surface area contributed by atoms with E-state index >= 15 is 0 Å². The molecule has 0 bridgehead atoms. The predicted molar refractivity (Wildman–Crippen MR) is 76.6 cm³/mol. The van der Waals surface area contributed by atoms with E-state index < -0.39 is 0 Å². The maximum Gasteiger partial charge on any atom is 0.253 e. The highest BCUT2D eigenvalue weighted by molar-refractivity contribution is 5.75. The fourth-order valence-electron chi connectivity index (χ4n) is 2.54. The average Bonchev–Trinajstić information content (AvgIpc) is 2.88. The summed E-state index contributed by atoms with van der Waals surface area (Å²) >= 11 is 0. The van der Waals surface area contributed by atoms with Gasteiger partial charge in [0.1, 0.15) is 0 Å². The van der Waals surface area contributed by atoms with Crippen molar-refractivity contribution in [2.45, 2.75) is 52.2 Å². The first-order chi connectivity index (χ1) is 9.56. The molecule has 2 rings (SSSR count). The van der Waals surface area contributed by atoms with Crippen LogP contribution in [0, 0.1) is 13.8 Å². The van der Waals surface area contributed by atoms with Crippen LogP contribution in [0.25, 0.3) is 0 Å². The molecule has 0 spiro atoms. The smallest absolute Gasteiger partial charge is 0.253 e. The Morgan fingerprint density at radius 3 is 2.95 bits per heavy atom. The summed E-state index contributed by atoms with van der Waals surface area (Å²) in [5.41, 5.74) is 2.25. The van der Waals surface area contributed by atoms with Gasteiger partial charge < -0.3 is 15.0 Å². The quantitative estimate of drug-likeness (QED) is 0.858. The third-order valence-corrected chi connectivity index (χ3v) is 3.67. The van der Waals surface area contributed by atoms with Crippen LogP contribution >= 0.6 is 0 Å². The number of H-pyrrole nitrogens is 1. The molecule has 2 N–H and O–H groups in total. The van der Waals surface area contributed by atoms with Crippen molar-refractivity contribution >= 4 is 5.91 Å². The zero-order valence-corrected chi connectivity index (χ0v) is 12.1. The maximum absolute atomic E-state index is 11.8. The van der Waals surface area contributed by atoms with E-state index in [0.29, 0.717) is 12.0 Å². The van der Waals surface area contributed by atoms with Gasteiger partial charge in [0.15, 0.2) is 0 Å². The Kier molecular flexibility index (Phi) is 4.95. The van der Waals surface area contributed by atoms with Crippen LogP contribution in [0.1, 0.15) is 42.5 Å². The first kappa shape index (κ1) is 14.8. The van der Waals surface area contributed by atoms with E-state index in [2.05, 4.69) is 10.3 Å². The zero-order valence-electron chi connectivity index (χ0n) is 12.1. The number of carbonyl (C=O) groups is 1. The van der Waals surface area contributed by atoms with Gasteiger partial charge >= 0.3 is 0 Å². The van der Waals surface area contributed by atoms with Gasteiger partial charge in [0.05, 0.1) is 6.10 Å². The molecular formula is C15H22N2O3. The highest BCUT2D eigenvalue weighted by atomic mass is 16.5. The minimum absolute atomic E-state index is 0.0279. The summed E-state index contributed by atoms with van der Waals surface area (Å²) < 4.78 is 5.48. The number of aromatic nitrogens is 1. The van der Waals surface area contributed by atoms with E-state index in [9.17, 15) is 9.59 Å². The lowest BCUT2D eigenvalue weighted by Crippen LogP contribution is -2.28. The Morgan fingerprint density at radius 2 is 2.30 bits per heavy atom. The molecule has 1 aromatic rings. The van der Waals surface area contributed by atoms with Crippen molar-refractivity contribution in [2.75, 3.05) is 6.61 Å². The second kappa shape index (κ2) is 6.70. The van der Waals surface area contributed by atoms with Crippen LogP contribution in [0.3, 0.4) is 0 Å². The Bertz CT molecular complexity index is 530. The largest absolute Gasteiger partial charge is 0.378 e. The Balaban J connectivity index is 1.82. The van der Waals surface area contributed by atoms with E-state index in [1.54, 1.807) is 0 Å². The number of hydrogen-bond acceptors (Lipinski definition) is 3. The van der Waals surface area contributed by atoms with Crippen molar-refractivity contribution in [1.82, 2.24) is 10.3 Å². The number of pyridine rings is 1. The second-order valence-corrected chi connectivity index (χ2v) is 5.39. The molecule has 0 aromatic carbocycles. The molecule has 1 amide bonds. The first-order valence-electron chi connectivity index (χ1n) is 7.14. The summed E-state index contributed by atoms with van der Waals surface area (Å²) in [5, 5.41) is 2.81. The number of ether oxygens (including phenoxy) is 1. The van der Waals surface area contributed by atoms with Crippen molar-refractivity contribution < 1.29 is 9.53 Å². The topological polar surface area (TPSA) is 71.2 Å². The van der Waals surface area contributed by atoms with Crippen LogP contribution in [0.5, 0.6) is 0 Å². The van der Waals surface area contributed by atoms with Gasteiger partial charge in [0, 0.05) is 30.8 Å².